The topological polar surface area (TPSA) is 30.0 Å². The van der Waals surface area contributed by atoms with Gasteiger partial charge in [-0.3, -0.25) is 4.79 Å². The number of carbonyl (C=O) groups is 1. The summed E-state index contributed by atoms with van der Waals surface area (Å²) >= 11 is 1.55. The summed E-state index contributed by atoms with van der Waals surface area (Å²) in [4.78, 5) is 15.4. The third-order valence-electron chi connectivity index (χ3n) is 2.52. The molecule has 1 aromatic heterocycles. The lowest BCUT2D eigenvalue weighted by molar-refractivity contribution is 0.101. The van der Waals surface area contributed by atoms with E-state index in [1.165, 1.54) is 11.1 Å². The van der Waals surface area contributed by atoms with E-state index < -0.39 is 0 Å². The molecule has 1 heterocycles. The fourth-order valence-electron chi connectivity index (χ4n) is 1.53. The smallest absolute Gasteiger partial charge is 0.178 e. The molecule has 0 aliphatic carbocycles. The van der Waals surface area contributed by atoms with Crippen LogP contribution in [0.2, 0.25) is 0 Å². The van der Waals surface area contributed by atoms with E-state index in [0.717, 1.165) is 11.4 Å². The van der Waals surface area contributed by atoms with E-state index >= 15 is 0 Å². The Hall–Kier alpha value is -1.48. The average molecular weight is 231 g/mol. The SMILES string of the molecule is CC(=O)c1csc(Cc2ccccc2C)n1. The van der Waals surface area contributed by atoms with Crippen molar-refractivity contribution in [1.29, 1.82) is 0 Å². The van der Waals surface area contributed by atoms with Crippen molar-refractivity contribution in [3.05, 3.63) is 51.5 Å². The van der Waals surface area contributed by atoms with Gasteiger partial charge >= 0.3 is 0 Å². The van der Waals surface area contributed by atoms with Crippen LogP contribution >= 0.6 is 11.3 Å². The Morgan fingerprint density at radius 3 is 2.75 bits per heavy atom. The Labute approximate surface area is 99.0 Å². The van der Waals surface area contributed by atoms with Gasteiger partial charge in [0.1, 0.15) is 5.69 Å². The van der Waals surface area contributed by atoms with Crippen molar-refractivity contribution in [3.63, 3.8) is 0 Å². The van der Waals surface area contributed by atoms with Crippen LogP contribution in [0.25, 0.3) is 0 Å². The monoisotopic (exact) mass is 231 g/mol. The molecule has 0 spiro atoms. The quantitative estimate of drug-likeness (QED) is 0.759. The Morgan fingerprint density at radius 2 is 2.12 bits per heavy atom. The van der Waals surface area contributed by atoms with Gasteiger partial charge in [0.25, 0.3) is 0 Å². The first kappa shape index (κ1) is 11.0. The number of aromatic nitrogens is 1. The number of nitrogens with zero attached hydrogens (tertiary/aromatic N) is 1. The molecule has 0 saturated heterocycles. The summed E-state index contributed by atoms with van der Waals surface area (Å²) < 4.78 is 0. The number of hydrogen-bond acceptors (Lipinski definition) is 3. The van der Waals surface area contributed by atoms with Crippen molar-refractivity contribution in [3.8, 4) is 0 Å². The third-order valence-corrected chi connectivity index (χ3v) is 3.36. The van der Waals surface area contributed by atoms with Crippen molar-refractivity contribution in [2.75, 3.05) is 0 Å². The average Bonchev–Trinajstić information content (AvgIpc) is 2.70. The molecular formula is C13H13NOS. The normalized spacial score (nSPS) is 10.4. The highest BCUT2D eigenvalue weighted by Gasteiger charge is 2.07. The molecule has 0 radical (unpaired) electrons. The lowest BCUT2D eigenvalue weighted by Gasteiger charge is -2.01. The molecule has 0 N–H and O–H groups in total. The van der Waals surface area contributed by atoms with Gasteiger partial charge in [-0.15, -0.1) is 11.3 Å². The largest absolute Gasteiger partial charge is 0.293 e. The summed E-state index contributed by atoms with van der Waals surface area (Å²) in [5.41, 5.74) is 3.11. The minimum atomic E-state index is 0.0345. The summed E-state index contributed by atoms with van der Waals surface area (Å²) in [6.07, 6.45) is 0.810. The van der Waals surface area contributed by atoms with Crippen molar-refractivity contribution < 1.29 is 4.79 Å². The van der Waals surface area contributed by atoms with Crippen molar-refractivity contribution in [2.24, 2.45) is 0 Å². The number of aryl methyl sites for hydroxylation is 1. The fraction of sp³-hybridized carbons (Fsp3) is 0.231. The number of rotatable bonds is 3. The molecule has 0 amide bonds. The van der Waals surface area contributed by atoms with Gasteiger partial charge in [0.05, 0.1) is 5.01 Å². The Morgan fingerprint density at radius 1 is 1.38 bits per heavy atom. The van der Waals surface area contributed by atoms with E-state index in [-0.39, 0.29) is 5.78 Å². The number of Topliss-reactive ketones (excluding diaryl/α,β-unsaturated/α-hetero) is 1. The van der Waals surface area contributed by atoms with Gasteiger partial charge in [-0.2, -0.15) is 0 Å². The van der Waals surface area contributed by atoms with Gasteiger partial charge in [-0.1, -0.05) is 24.3 Å². The second-order valence-electron chi connectivity index (χ2n) is 3.79. The molecule has 2 nitrogen and oxygen atoms in total. The summed E-state index contributed by atoms with van der Waals surface area (Å²) in [5, 5.41) is 2.83. The molecule has 0 bridgehead atoms. The zero-order chi connectivity index (χ0) is 11.5. The molecule has 0 unspecified atom stereocenters. The molecule has 16 heavy (non-hydrogen) atoms. The van der Waals surface area contributed by atoms with Gasteiger partial charge in [-0.25, -0.2) is 4.98 Å². The van der Waals surface area contributed by atoms with Crippen LogP contribution in [0.3, 0.4) is 0 Å². The number of hydrogen-bond donors (Lipinski definition) is 0. The van der Waals surface area contributed by atoms with Crippen molar-refractivity contribution in [2.45, 2.75) is 20.3 Å². The Balaban J connectivity index is 2.21. The minimum absolute atomic E-state index is 0.0345. The lowest BCUT2D eigenvalue weighted by atomic mass is 10.1. The molecular weight excluding hydrogens is 218 g/mol. The van der Waals surface area contributed by atoms with Crippen LogP contribution in [0, 0.1) is 6.92 Å². The fourth-order valence-corrected chi connectivity index (χ4v) is 2.38. The van der Waals surface area contributed by atoms with E-state index in [1.54, 1.807) is 18.3 Å². The first-order chi connectivity index (χ1) is 7.66. The lowest BCUT2D eigenvalue weighted by Crippen LogP contribution is -1.94. The van der Waals surface area contributed by atoms with Crippen LogP contribution in [0.4, 0.5) is 0 Å². The van der Waals surface area contributed by atoms with Gasteiger partial charge in [0.2, 0.25) is 0 Å². The van der Waals surface area contributed by atoms with E-state index in [2.05, 4.69) is 24.0 Å². The maximum Gasteiger partial charge on any atom is 0.178 e. The molecule has 1 aromatic carbocycles. The van der Waals surface area contributed by atoms with Gasteiger partial charge < -0.3 is 0 Å². The highest BCUT2D eigenvalue weighted by Crippen LogP contribution is 2.17. The zero-order valence-electron chi connectivity index (χ0n) is 9.36. The molecule has 0 aliphatic rings. The number of benzene rings is 1. The van der Waals surface area contributed by atoms with Crippen LogP contribution in [-0.4, -0.2) is 10.8 Å². The standard InChI is InChI=1S/C13H13NOS/c1-9-5-3-4-6-11(9)7-13-14-12(8-16-13)10(2)15/h3-6,8H,7H2,1-2H3. The maximum atomic E-state index is 11.1. The van der Waals surface area contributed by atoms with Gasteiger partial charge in [-0.05, 0) is 18.1 Å². The molecule has 0 saturated carbocycles. The first-order valence-electron chi connectivity index (χ1n) is 5.16. The summed E-state index contributed by atoms with van der Waals surface area (Å²) in [6.45, 7) is 3.64. The van der Waals surface area contributed by atoms with E-state index in [1.807, 2.05) is 17.5 Å². The van der Waals surface area contributed by atoms with Crippen LogP contribution in [-0.2, 0) is 6.42 Å². The highest BCUT2D eigenvalue weighted by molar-refractivity contribution is 7.09. The highest BCUT2D eigenvalue weighted by atomic mass is 32.1. The second kappa shape index (κ2) is 4.58. The molecule has 2 rings (SSSR count). The van der Waals surface area contributed by atoms with Gasteiger partial charge in [0.15, 0.2) is 5.78 Å². The second-order valence-corrected chi connectivity index (χ2v) is 4.73. The Bertz CT molecular complexity index is 516. The van der Waals surface area contributed by atoms with E-state index in [9.17, 15) is 4.79 Å². The number of thiazole rings is 1. The predicted molar refractivity (Wildman–Crippen MR) is 66.1 cm³/mol. The van der Waals surface area contributed by atoms with Crippen molar-refractivity contribution in [1.82, 2.24) is 4.98 Å². The van der Waals surface area contributed by atoms with E-state index in [4.69, 9.17) is 0 Å². The summed E-state index contributed by atoms with van der Waals surface area (Å²) in [7, 11) is 0. The van der Waals surface area contributed by atoms with Crippen LogP contribution in [0.5, 0.6) is 0 Å². The molecule has 0 aliphatic heterocycles. The molecule has 0 atom stereocenters. The molecule has 2 aromatic rings. The van der Waals surface area contributed by atoms with Crippen LogP contribution in [0.1, 0.15) is 33.5 Å². The van der Waals surface area contributed by atoms with Crippen LogP contribution in [0.15, 0.2) is 29.6 Å². The number of carbonyl (C=O) groups excluding carboxylic acids is 1. The molecule has 3 heteroatoms. The number of ketones is 1. The third kappa shape index (κ3) is 2.36. The first-order valence-corrected chi connectivity index (χ1v) is 6.04. The van der Waals surface area contributed by atoms with Crippen LogP contribution < -0.4 is 0 Å². The van der Waals surface area contributed by atoms with E-state index in [0.29, 0.717) is 5.69 Å². The Kier molecular flexibility index (Phi) is 3.15. The van der Waals surface area contributed by atoms with Crippen molar-refractivity contribution >= 4 is 17.1 Å². The maximum absolute atomic E-state index is 11.1. The summed E-state index contributed by atoms with van der Waals surface area (Å²) in [5.74, 6) is 0.0345. The molecule has 0 fully saturated rings. The molecule has 82 valence electrons. The van der Waals surface area contributed by atoms with Gasteiger partial charge in [0, 0.05) is 18.7 Å². The summed E-state index contributed by atoms with van der Waals surface area (Å²) in [6, 6.07) is 8.25. The predicted octanol–water partition coefficient (Wildman–Crippen LogP) is 3.24. The minimum Gasteiger partial charge on any atom is -0.293 e. The zero-order valence-corrected chi connectivity index (χ0v) is 10.2.